The Hall–Kier alpha value is -2.86. The lowest BCUT2D eigenvalue weighted by atomic mass is 10.1. The highest BCUT2D eigenvalue weighted by Gasteiger charge is 2.23. The number of Topliss-reactive ketones (excluding diaryl/α,β-unsaturated/α-hetero) is 1. The van der Waals surface area contributed by atoms with Crippen molar-refractivity contribution in [3.05, 3.63) is 59.7 Å². The number of carbonyl (C=O) groups excluding carboxylic acids is 2. The Balaban J connectivity index is 1.47. The summed E-state index contributed by atoms with van der Waals surface area (Å²) in [6.07, 6.45) is 1.28. The summed E-state index contributed by atoms with van der Waals surface area (Å²) in [6.45, 7) is 3.06. The molecule has 1 aliphatic rings. The topological polar surface area (TPSA) is 59.1 Å². The summed E-state index contributed by atoms with van der Waals surface area (Å²) in [7, 11) is 3.13. The maximum Gasteiger partial charge on any atom is 0.222 e. The number of carbonyl (C=O) groups is 2. The summed E-state index contributed by atoms with van der Waals surface area (Å²) in [5.74, 6) is 1.37. The molecule has 0 aromatic heterocycles. The second-order valence-corrected chi connectivity index (χ2v) is 7.14. The minimum absolute atomic E-state index is 0.0369. The van der Waals surface area contributed by atoms with Crippen LogP contribution in [0.5, 0.6) is 11.5 Å². The Morgan fingerprint density at radius 3 is 2.24 bits per heavy atom. The number of ketones is 1. The van der Waals surface area contributed by atoms with E-state index in [1.807, 2.05) is 35.2 Å². The first kappa shape index (κ1) is 20.9. The molecule has 0 radical (unpaired) electrons. The van der Waals surface area contributed by atoms with Gasteiger partial charge >= 0.3 is 0 Å². The van der Waals surface area contributed by atoms with E-state index in [2.05, 4.69) is 4.90 Å². The average Bonchev–Trinajstić information content (AvgIpc) is 2.78. The van der Waals surface area contributed by atoms with Gasteiger partial charge in [-0.1, -0.05) is 30.3 Å². The van der Waals surface area contributed by atoms with E-state index < -0.39 is 0 Å². The van der Waals surface area contributed by atoms with Gasteiger partial charge in [0.1, 0.15) is 0 Å². The van der Waals surface area contributed by atoms with Crippen molar-refractivity contribution in [2.45, 2.75) is 12.8 Å². The first-order valence-electron chi connectivity index (χ1n) is 9.90. The van der Waals surface area contributed by atoms with E-state index in [-0.39, 0.29) is 11.7 Å². The normalized spacial score (nSPS) is 14.5. The zero-order valence-corrected chi connectivity index (χ0v) is 17.1. The van der Waals surface area contributed by atoms with Crippen molar-refractivity contribution in [2.75, 3.05) is 46.9 Å². The first-order valence-corrected chi connectivity index (χ1v) is 9.90. The third-order valence-electron chi connectivity index (χ3n) is 5.27. The van der Waals surface area contributed by atoms with Crippen LogP contribution in [0.3, 0.4) is 0 Å². The molecule has 0 N–H and O–H groups in total. The van der Waals surface area contributed by atoms with Crippen molar-refractivity contribution in [1.82, 2.24) is 9.80 Å². The number of hydrogen-bond donors (Lipinski definition) is 0. The van der Waals surface area contributed by atoms with Gasteiger partial charge in [0.25, 0.3) is 0 Å². The predicted octanol–water partition coefficient (Wildman–Crippen LogP) is 2.66. The van der Waals surface area contributed by atoms with Gasteiger partial charge in [-0.05, 0) is 30.2 Å². The zero-order chi connectivity index (χ0) is 20.6. The number of nitrogens with zero attached hydrogens (tertiary/aromatic N) is 2. The molecule has 0 saturated carbocycles. The van der Waals surface area contributed by atoms with Gasteiger partial charge < -0.3 is 14.4 Å². The standard InChI is InChI=1S/C23H28N2O4/c1-28-21-10-9-19(16-22(21)29-2)20(26)17-24-12-14-25(15-13-24)23(27)11-8-18-6-4-3-5-7-18/h3-7,9-10,16H,8,11-15,17H2,1-2H3. The first-order chi connectivity index (χ1) is 14.1. The number of methoxy groups -OCH3 is 2. The van der Waals surface area contributed by atoms with E-state index in [1.165, 1.54) is 5.56 Å². The molecule has 0 atom stereocenters. The third kappa shape index (κ3) is 5.57. The molecular formula is C23H28N2O4. The monoisotopic (exact) mass is 396 g/mol. The van der Waals surface area contributed by atoms with Crippen LogP contribution in [0.4, 0.5) is 0 Å². The van der Waals surface area contributed by atoms with E-state index >= 15 is 0 Å². The number of benzene rings is 2. The molecular weight excluding hydrogens is 368 g/mol. The summed E-state index contributed by atoms with van der Waals surface area (Å²) in [5.41, 5.74) is 1.78. The lowest BCUT2D eigenvalue weighted by Crippen LogP contribution is -2.49. The second kappa shape index (κ2) is 10.1. The minimum atomic E-state index is 0.0369. The van der Waals surface area contributed by atoms with Gasteiger partial charge in [-0.3, -0.25) is 14.5 Å². The number of hydrogen-bond acceptors (Lipinski definition) is 5. The van der Waals surface area contributed by atoms with Crippen LogP contribution in [0.2, 0.25) is 0 Å². The molecule has 1 fully saturated rings. The number of piperazine rings is 1. The Morgan fingerprint density at radius 1 is 0.897 bits per heavy atom. The van der Waals surface area contributed by atoms with Crippen molar-refractivity contribution < 1.29 is 19.1 Å². The minimum Gasteiger partial charge on any atom is -0.493 e. The maximum absolute atomic E-state index is 12.6. The van der Waals surface area contributed by atoms with Gasteiger partial charge in [-0.25, -0.2) is 0 Å². The fourth-order valence-electron chi connectivity index (χ4n) is 3.51. The molecule has 1 aliphatic heterocycles. The van der Waals surface area contributed by atoms with Crippen LogP contribution in [0.25, 0.3) is 0 Å². The molecule has 6 heteroatoms. The highest BCUT2D eigenvalue weighted by atomic mass is 16.5. The highest BCUT2D eigenvalue weighted by molar-refractivity contribution is 5.98. The molecule has 2 aromatic rings. The van der Waals surface area contributed by atoms with E-state index in [0.29, 0.717) is 56.2 Å². The molecule has 0 bridgehead atoms. The predicted molar refractivity (Wildman–Crippen MR) is 112 cm³/mol. The number of ether oxygens (including phenoxy) is 2. The summed E-state index contributed by atoms with van der Waals surface area (Å²) in [4.78, 5) is 29.1. The van der Waals surface area contributed by atoms with Crippen molar-refractivity contribution in [3.8, 4) is 11.5 Å². The lowest BCUT2D eigenvalue weighted by molar-refractivity contribution is -0.132. The van der Waals surface area contributed by atoms with Crippen molar-refractivity contribution >= 4 is 11.7 Å². The molecule has 1 amide bonds. The molecule has 6 nitrogen and oxygen atoms in total. The van der Waals surface area contributed by atoms with Crippen LogP contribution in [0.1, 0.15) is 22.3 Å². The highest BCUT2D eigenvalue weighted by Crippen LogP contribution is 2.27. The Morgan fingerprint density at radius 2 is 1.59 bits per heavy atom. The van der Waals surface area contributed by atoms with Gasteiger partial charge in [-0.15, -0.1) is 0 Å². The number of rotatable bonds is 8. The van der Waals surface area contributed by atoms with Crippen LogP contribution in [-0.2, 0) is 11.2 Å². The summed E-state index contributed by atoms with van der Waals surface area (Å²) in [5, 5.41) is 0. The van der Waals surface area contributed by atoms with Crippen LogP contribution < -0.4 is 9.47 Å². The van der Waals surface area contributed by atoms with Gasteiger partial charge in [0.15, 0.2) is 17.3 Å². The summed E-state index contributed by atoms with van der Waals surface area (Å²) < 4.78 is 10.5. The smallest absolute Gasteiger partial charge is 0.222 e. The van der Waals surface area contributed by atoms with Crippen LogP contribution >= 0.6 is 0 Å². The van der Waals surface area contributed by atoms with Crippen LogP contribution in [0, 0.1) is 0 Å². The molecule has 3 rings (SSSR count). The Bertz CT molecular complexity index is 830. The number of aryl methyl sites for hydroxylation is 1. The molecule has 0 aliphatic carbocycles. The quantitative estimate of drug-likeness (QED) is 0.642. The molecule has 0 unspecified atom stereocenters. The maximum atomic E-state index is 12.6. The van der Waals surface area contributed by atoms with Gasteiger partial charge in [0.05, 0.1) is 20.8 Å². The summed E-state index contributed by atoms with van der Waals surface area (Å²) >= 11 is 0. The fourth-order valence-corrected chi connectivity index (χ4v) is 3.51. The van der Waals surface area contributed by atoms with Crippen molar-refractivity contribution in [3.63, 3.8) is 0 Å². The Labute approximate surface area is 172 Å². The number of amides is 1. The van der Waals surface area contributed by atoms with E-state index in [4.69, 9.17) is 9.47 Å². The molecule has 29 heavy (non-hydrogen) atoms. The van der Waals surface area contributed by atoms with E-state index in [9.17, 15) is 9.59 Å². The van der Waals surface area contributed by atoms with Crippen LogP contribution in [0.15, 0.2) is 48.5 Å². The van der Waals surface area contributed by atoms with Crippen molar-refractivity contribution in [2.24, 2.45) is 0 Å². The van der Waals surface area contributed by atoms with Crippen LogP contribution in [-0.4, -0.2) is 68.4 Å². The zero-order valence-electron chi connectivity index (χ0n) is 17.1. The SMILES string of the molecule is COc1ccc(C(=O)CN2CCN(C(=O)CCc3ccccc3)CC2)cc1OC. The van der Waals surface area contributed by atoms with Gasteiger partial charge in [0.2, 0.25) is 5.91 Å². The van der Waals surface area contributed by atoms with Gasteiger partial charge in [-0.2, -0.15) is 0 Å². The fraction of sp³-hybridized carbons (Fsp3) is 0.391. The Kier molecular flexibility index (Phi) is 7.25. The molecule has 1 heterocycles. The molecule has 154 valence electrons. The molecule has 0 spiro atoms. The second-order valence-electron chi connectivity index (χ2n) is 7.14. The van der Waals surface area contributed by atoms with E-state index in [1.54, 1.807) is 32.4 Å². The lowest BCUT2D eigenvalue weighted by Gasteiger charge is -2.34. The van der Waals surface area contributed by atoms with Crippen molar-refractivity contribution in [1.29, 1.82) is 0 Å². The molecule has 2 aromatic carbocycles. The molecule has 1 saturated heterocycles. The largest absolute Gasteiger partial charge is 0.493 e. The van der Waals surface area contributed by atoms with Gasteiger partial charge in [0, 0.05) is 38.2 Å². The summed E-state index contributed by atoms with van der Waals surface area (Å²) in [6, 6.07) is 15.3. The third-order valence-corrected chi connectivity index (χ3v) is 5.27. The van der Waals surface area contributed by atoms with E-state index in [0.717, 1.165) is 6.42 Å². The average molecular weight is 396 g/mol.